The summed E-state index contributed by atoms with van der Waals surface area (Å²) in [4.78, 5) is 33.3. The molecule has 0 spiro atoms. The molecule has 4 heterocycles. The van der Waals surface area contributed by atoms with Crippen LogP contribution in [0, 0.1) is 0 Å². The molecule has 0 radical (unpaired) electrons. The van der Waals surface area contributed by atoms with Crippen LogP contribution < -0.4 is 14.8 Å². The average molecular weight is 604 g/mol. The molecule has 1 aliphatic heterocycles. The van der Waals surface area contributed by atoms with Crippen LogP contribution >= 0.6 is 11.3 Å². The van der Waals surface area contributed by atoms with E-state index in [0.717, 1.165) is 12.8 Å². The van der Waals surface area contributed by atoms with E-state index >= 15 is 0 Å². The van der Waals surface area contributed by atoms with Crippen molar-refractivity contribution in [3.05, 3.63) is 47.6 Å². The van der Waals surface area contributed by atoms with Crippen molar-refractivity contribution in [2.45, 2.75) is 62.9 Å². The van der Waals surface area contributed by atoms with Crippen molar-refractivity contribution < 1.29 is 22.3 Å². The van der Waals surface area contributed by atoms with Gasteiger partial charge >= 0.3 is 0 Å². The summed E-state index contributed by atoms with van der Waals surface area (Å²) in [7, 11) is -3.53. The Balaban J connectivity index is 1.33. The number of nitrogens with zero attached hydrogens (tertiary/aromatic N) is 5. The summed E-state index contributed by atoms with van der Waals surface area (Å²) >= 11 is 1.17. The highest BCUT2D eigenvalue weighted by molar-refractivity contribution is 7.93. The number of carbonyl (C=O) groups is 1. The maximum atomic E-state index is 13.8. The van der Waals surface area contributed by atoms with Crippen molar-refractivity contribution in [1.82, 2.24) is 30.2 Å². The zero-order chi connectivity index (χ0) is 28.8. The topological polar surface area (TPSA) is 139 Å². The summed E-state index contributed by atoms with van der Waals surface area (Å²) in [6.07, 6.45) is 9.39. The van der Waals surface area contributed by atoms with E-state index in [1.165, 1.54) is 23.7 Å². The number of alkyl halides is 1. The maximum absolute atomic E-state index is 13.8. The van der Waals surface area contributed by atoms with Gasteiger partial charge in [-0.15, -0.1) is 11.3 Å². The minimum atomic E-state index is -3.53. The highest BCUT2D eigenvalue weighted by Crippen LogP contribution is 2.29. The fourth-order valence-corrected chi connectivity index (χ4v) is 7.49. The standard InChI is InChI=1S/C27H34FN7O4S2/c1-2-39-25-16-29-14-23(32-25)24-15-31-27(40-24)26(36)33-21(9-12-35-11-8-18(28)17-35)22-13-19(7-10-30-22)34-41(37,38)20-5-3-4-6-20/h7,10,13-16,18,20-21H,2-6,8-9,11-12,17H2,1H3,(H,30,34)(H,33,36)/t18-,21+/m0/s1. The fourth-order valence-electron chi connectivity index (χ4n) is 5.14. The molecule has 11 nitrogen and oxygen atoms in total. The Morgan fingerprint density at radius 3 is 2.80 bits per heavy atom. The summed E-state index contributed by atoms with van der Waals surface area (Å²) in [5.41, 5.74) is 1.45. The van der Waals surface area contributed by atoms with Gasteiger partial charge in [-0.25, -0.2) is 22.8 Å². The Morgan fingerprint density at radius 2 is 2.05 bits per heavy atom. The molecule has 0 unspecified atom stereocenters. The van der Waals surface area contributed by atoms with Crippen LogP contribution in [0.2, 0.25) is 0 Å². The quantitative estimate of drug-likeness (QED) is 0.315. The van der Waals surface area contributed by atoms with Gasteiger partial charge in [-0.2, -0.15) is 0 Å². The second kappa shape index (κ2) is 13.2. The monoisotopic (exact) mass is 603 g/mol. The lowest BCUT2D eigenvalue weighted by atomic mass is 10.1. The lowest BCUT2D eigenvalue weighted by Gasteiger charge is -2.22. The van der Waals surface area contributed by atoms with E-state index in [4.69, 9.17) is 4.74 Å². The van der Waals surface area contributed by atoms with Crippen molar-refractivity contribution >= 4 is 33.0 Å². The number of sulfonamides is 1. The van der Waals surface area contributed by atoms with Crippen molar-refractivity contribution in [2.75, 3.05) is 31.0 Å². The summed E-state index contributed by atoms with van der Waals surface area (Å²) in [6.45, 7) is 3.86. The molecule has 1 amide bonds. The first kappa shape index (κ1) is 29.3. The number of pyridine rings is 1. The molecule has 2 atom stereocenters. The van der Waals surface area contributed by atoms with E-state index in [2.05, 4.69) is 30.0 Å². The number of amides is 1. The predicted octanol–water partition coefficient (Wildman–Crippen LogP) is 3.98. The number of ether oxygens (including phenoxy) is 1. The SMILES string of the molecule is CCOc1cncc(-c2cnc(C(=O)N[C@H](CCN3CC[C@H](F)C3)c3cc(NS(=O)(=O)C4CCCC4)ccn3)s2)n1. The Bertz CT molecular complexity index is 1450. The van der Waals surface area contributed by atoms with E-state index in [1.807, 2.05) is 11.8 Å². The van der Waals surface area contributed by atoms with Crippen LogP contribution in [-0.2, 0) is 10.0 Å². The Kier molecular flexibility index (Phi) is 9.40. The second-order valence-corrected chi connectivity index (χ2v) is 13.2. The molecule has 3 aromatic heterocycles. The third-order valence-electron chi connectivity index (χ3n) is 7.25. The molecular formula is C27H34FN7O4S2. The van der Waals surface area contributed by atoms with Crippen molar-refractivity contribution in [2.24, 2.45) is 0 Å². The van der Waals surface area contributed by atoms with Gasteiger partial charge in [0.1, 0.15) is 11.9 Å². The summed E-state index contributed by atoms with van der Waals surface area (Å²) in [5.74, 6) is -0.0138. The molecule has 0 aromatic carbocycles. The number of hydrogen-bond donors (Lipinski definition) is 2. The zero-order valence-electron chi connectivity index (χ0n) is 22.8. The van der Waals surface area contributed by atoms with Crippen molar-refractivity contribution in [1.29, 1.82) is 0 Å². The summed E-state index contributed by atoms with van der Waals surface area (Å²) in [6, 6.07) is 2.71. The molecule has 2 N–H and O–H groups in total. The number of hydrogen-bond acceptors (Lipinski definition) is 10. The molecule has 220 valence electrons. The van der Waals surface area contributed by atoms with Crippen LogP contribution in [0.4, 0.5) is 10.1 Å². The normalized spacial score (nSPS) is 18.8. The molecule has 0 bridgehead atoms. The third kappa shape index (κ3) is 7.54. The number of nitrogens with one attached hydrogen (secondary N) is 2. The highest BCUT2D eigenvalue weighted by Gasteiger charge is 2.29. The molecule has 3 aromatic rings. The number of rotatable bonds is 12. The Labute approximate surface area is 243 Å². The number of carbonyl (C=O) groups excluding carboxylic acids is 1. The zero-order valence-corrected chi connectivity index (χ0v) is 24.5. The second-order valence-electron chi connectivity index (χ2n) is 10.2. The molecule has 1 saturated heterocycles. The number of halogens is 1. The number of aromatic nitrogens is 4. The van der Waals surface area contributed by atoms with Crippen LogP contribution in [0.5, 0.6) is 5.88 Å². The van der Waals surface area contributed by atoms with Gasteiger partial charge in [0.25, 0.3) is 5.91 Å². The maximum Gasteiger partial charge on any atom is 0.280 e. The van der Waals surface area contributed by atoms with Gasteiger partial charge < -0.3 is 15.0 Å². The first-order valence-electron chi connectivity index (χ1n) is 13.9. The summed E-state index contributed by atoms with van der Waals surface area (Å²) < 4.78 is 47.7. The average Bonchev–Trinajstić information content (AvgIpc) is 3.74. The van der Waals surface area contributed by atoms with E-state index in [-0.39, 0.29) is 5.01 Å². The first-order valence-corrected chi connectivity index (χ1v) is 16.2. The summed E-state index contributed by atoms with van der Waals surface area (Å²) in [5, 5.41) is 2.84. The van der Waals surface area contributed by atoms with E-state index in [9.17, 15) is 17.6 Å². The lowest BCUT2D eigenvalue weighted by Crippen LogP contribution is -2.33. The van der Waals surface area contributed by atoms with Gasteiger partial charge in [-0.3, -0.25) is 19.5 Å². The molecule has 5 rings (SSSR count). The van der Waals surface area contributed by atoms with Gasteiger partial charge in [0, 0.05) is 32.0 Å². The molecular weight excluding hydrogens is 569 g/mol. The van der Waals surface area contributed by atoms with Crippen LogP contribution in [-0.4, -0.2) is 76.8 Å². The molecule has 41 heavy (non-hydrogen) atoms. The van der Waals surface area contributed by atoms with Gasteiger partial charge in [-0.05, 0) is 44.7 Å². The molecule has 14 heteroatoms. The third-order valence-corrected chi connectivity index (χ3v) is 10.1. The molecule has 1 aliphatic carbocycles. The number of anilines is 1. The number of likely N-dealkylation sites (tertiary alicyclic amines) is 1. The minimum absolute atomic E-state index is 0.233. The van der Waals surface area contributed by atoms with Gasteiger partial charge in [-0.1, -0.05) is 12.8 Å². The van der Waals surface area contributed by atoms with Crippen LogP contribution in [0.1, 0.15) is 67.0 Å². The van der Waals surface area contributed by atoms with Crippen molar-refractivity contribution in [3.8, 4) is 16.5 Å². The van der Waals surface area contributed by atoms with E-state index in [1.54, 1.807) is 24.5 Å². The fraction of sp³-hybridized carbons (Fsp3) is 0.519. The Morgan fingerprint density at radius 1 is 1.22 bits per heavy atom. The van der Waals surface area contributed by atoms with Crippen LogP contribution in [0.15, 0.2) is 36.9 Å². The lowest BCUT2D eigenvalue weighted by molar-refractivity contribution is 0.0930. The molecule has 2 fully saturated rings. The van der Waals surface area contributed by atoms with Gasteiger partial charge in [0.15, 0.2) is 5.01 Å². The smallest absolute Gasteiger partial charge is 0.280 e. The van der Waals surface area contributed by atoms with Gasteiger partial charge in [0.05, 0.1) is 46.6 Å². The minimum Gasteiger partial charge on any atom is -0.477 e. The van der Waals surface area contributed by atoms with E-state index < -0.39 is 33.4 Å². The molecule has 2 aliphatic rings. The van der Waals surface area contributed by atoms with Crippen LogP contribution in [0.3, 0.4) is 0 Å². The van der Waals surface area contributed by atoms with Crippen LogP contribution in [0.25, 0.3) is 10.6 Å². The predicted molar refractivity (Wildman–Crippen MR) is 154 cm³/mol. The van der Waals surface area contributed by atoms with Gasteiger partial charge in [0.2, 0.25) is 15.9 Å². The van der Waals surface area contributed by atoms with E-state index in [0.29, 0.717) is 79.8 Å². The highest BCUT2D eigenvalue weighted by atomic mass is 32.2. The molecule has 1 saturated carbocycles. The largest absolute Gasteiger partial charge is 0.477 e. The van der Waals surface area contributed by atoms with Crippen molar-refractivity contribution in [3.63, 3.8) is 0 Å². The first-order chi connectivity index (χ1) is 19.8. The number of thiazole rings is 1. The Hall–Kier alpha value is -3.23.